The zero-order chi connectivity index (χ0) is 32.1. The van der Waals surface area contributed by atoms with Crippen LogP contribution in [0.4, 0.5) is 0 Å². The van der Waals surface area contributed by atoms with Crippen molar-refractivity contribution in [2.45, 2.75) is 0 Å². The van der Waals surface area contributed by atoms with Crippen LogP contribution in [-0.4, -0.2) is 0 Å². The summed E-state index contributed by atoms with van der Waals surface area (Å²) in [7, 11) is 0. The minimum Gasteiger partial charge on any atom is -0.135 e. The fourth-order valence-electron chi connectivity index (χ4n) is 8.54. The number of thiophene rings is 1. The molecule has 0 spiro atoms. The molecule has 0 unspecified atom stereocenters. The van der Waals surface area contributed by atoms with E-state index in [-0.39, 0.29) is 0 Å². The number of fused-ring (bicyclic) bond motifs is 8. The van der Waals surface area contributed by atoms with Gasteiger partial charge in [-0.3, -0.25) is 0 Å². The van der Waals surface area contributed by atoms with Crippen molar-refractivity contribution in [3.63, 3.8) is 0 Å². The molecule has 0 nitrogen and oxygen atoms in total. The van der Waals surface area contributed by atoms with Crippen LogP contribution in [-0.2, 0) is 0 Å². The van der Waals surface area contributed by atoms with Gasteiger partial charge in [-0.15, -0.1) is 11.3 Å². The van der Waals surface area contributed by atoms with Gasteiger partial charge in [-0.05, 0) is 94.5 Å². The van der Waals surface area contributed by atoms with Gasteiger partial charge in [-0.1, -0.05) is 158 Å². The van der Waals surface area contributed by atoms with Crippen LogP contribution in [0.15, 0.2) is 170 Å². The molecular formula is C48H28S. The highest BCUT2D eigenvalue weighted by atomic mass is 32.1. The second kappa shape index (κ2) is 10.2. The molecule has 11 rings (SSSR count). The molecule has 0 atom stereocenters. The van der Waals surface area contributed by atoms with E-state index in [4.69, 9.17) is 0 Å². The molecule has 0 fully saturated rings. The lowest BCUT2D eigenvalue weighted by atomic mass is 9.82. The van der Waals surface area contributed by atoms with Crippen molar-refractivity contribution in [2.75, 3.05) is 0 Å². The fraction of sp³-hybridized carbons (Fsp3) is 0. The molecular weight excluding hydrogens is 609 g/mol. The van der Waals surface area contributed by atoms with Crippen LogP contribution < -0.4 is 0 Å². The van der Waals surface area contributed by atoms with Crippen molar-refractivity contribution >= 4 is 63.8 Å². The van der Waals surface area contributed by atoms with E-state index in [2.05, 4.69) is 170 Å². The summed E-state index contributed by atoms with van der Waals surface area (Å²) < 4.78 is 2.69. The molecule has 0 bridgehead atoms. The van der Waals surface area contributed by atoms with Gasteiger partial charge in [0.15, 0.2) is 0 Å². The lowest BCUT2D eigenvalue weighted by Crippen LogP contribution is -1.93. The highest BCUT2D eigenvalue weighted by molar-refractivity contribution is 7.26. The molecule has 10 aromatic rings. The van der Waals surface area contributed by atoms with E-state index < -0.39 is 0 Å². The zero-order valence-electron chi connectivity index (χ0n) is 26.6. The number of hydrogen-bond acceptors (Lipinski definition) is 1. The molecule has 1 aliphatic rings. The topological polar surface area (TPSA) is 0 Å². The summed E-state index contributed by atoms with van der Waals surface area (Å²) in [5.41, 5.74) is 13.1. The van der Waals surface area contributed by atoms with Crippen LogP contribution in [0.1, 0.15) is 0 Å². The monoisotopic (exact) mass is 636 g/mol. The highest BCUT2D eigenvalue weighted by Crippen LogP contribution is 2.58. The first-order chi connectivity index (χ1) is 24.3. The van der Waals surface area contributed by atoms with E-state index in [1.165, 1.54) is 108 Å². The molecule has 0 saturated carbocycles. The predicted molar refractivity (Wildman–Crippen MR) is 213 cm³/mol. The van der Waals surface area contributed by atoms with Gasteiger partial charge >= 0.3 is 0 Å². The zero-order valence-corrected chi connectivity index (χ0v) is 27.4. The van der Waals surface area contributed by atoms with Crippen molar-refractivity contribution < 1.29 is 0 Å². The maximum Gasteiger partial charge on any atom is 0.0434 e. The first-order valence-corrected chi connectivity index (χ1v) is 17.8. The van der Waals surface area contributed by atoms with Crippen molar-refractivity contribution in [1.82, 2.24) is 0 Å². The van der Waals surface area contributed by atoms with Gasteiger partial charge in [-0.2, -0.15) is 0 Å². The van der Waals surface area contributed by atoms with Crippen molar-refractivity contribution in [3.05, 3.63) is 170 Å². The average Bonchev–Trinajstić information content (AvgIpc) is 3.70. The Hall–Kier alpha value is -6.02. The highest BCUT2D eigenvalue weighted by Gasteiger charge is 2.31. The second-order valence-electron chi connectivity index (χ2n) is 13.1. The molecule has 9 aromatic carbocycles. The quantitative estimate of drug-likeness (QED) is 0.181. The normalized spacial score (nSPS) is 12.1. The summed E-state index contributed by atoms with van der Waals surface area (Å²) in [5.74, 6) is 0. The average molecular weight is 637 g/mol. The molecule has 0 N–H and O–H groups in total. The van der Waals surface area contributed by atoms with Gasteiger partial charge < -0.3 is 0 Å². The van der Waals surface area contributed by atoms with Gasteiger partial charge in [0, 0.05) is 25.7 Å². The molecule has 1 heteroatoms. The van der Waals surface area contributed by atoms with E-state index in [0.717, 1.165) is 0 Å². The fourth-order valence-corrected chi connectivity index (χ4v) is 9.80. The van der Waals surface area contributed by atoms with Crippen LogP contribution in [0.3, 0.4) is 0 Å². The molecule has 0 aliphatic heterocycles. The first-order valence-electron chi connectivity index (χ1n) is 16.9. The van der Waals surface area contributed by atoms with Gasteiger partial charge in [0.2, 0.25) is 0 Å². The van der Waals surface area contributed by atoms with Gasteiger partial charge in [0.1, 0.15) is 0 Å². The number of hydrogen-bond donors (Lipinski definition) is 0. The molecule has 0 radical (unpaired) electrons. The Balaban J connectivity index is 1.25. The Morgan fingerprint density at radius 2 is 0.816 bits per heavy atom. The maximum absolute atomic E-state index is 2.41. The van der Waals surface area contributed by atoms with Crippen LogP contribution in [0.25, 0.3) is 108 Å². The van der Waals surface area contributed by atoms with Gasteiger partial charge in [0.05, 0.1) is 0 Å². The first kappa shape index (κ1) is 27.0. The lowest BCUT2D eigenvalue weighted by molar-refractivity contribution is 1.62. The number of benzene rings is 9. The van der Waals surface area contributed by atoms with Crippen molar-refractivity contribution in [3.8, 4) is 55.6 Å². The van der Waals surface area contributed by atoms with Gasteiger partial charge in [0.25, 0.3) is 0 Å². The predicted octanol–water partition coefficient (Wildman–Crippen LogP) is 14.2. The Bertz CT molecular complexity index is 2870. The Labute approximate surface area is 288 Å². The molecule has 1 heterocycles. The van der Waals surface area contributed by atoms with E-state index in [1.807, 2.05) is 11.3 Å². The Morgan fingerprint density at radius 1 is 0.306 bits per heavy atom. The molecule has 49 heavy (non-hydrogen) atoms. The molecule has 0 amide bonds. The Kier molecular flexibility index (Phi) is 5.64. The van der Waals surface area contributed by atoms with E-state index >= 15 is 0 Å². The van der Waals surface area contributed by atoms with Crippen molar-refractivity contribution in [1.29, 1.82) is 0 Å². The lowest BCUT2D eigenvalue weighted by Gasteiger charge is -2.20. The van der Waals surface area contributed by atoms with Crippen LogP contribution >= 0.6 is 11.3 Å². The van der Waals surface area contributed by atoms with Crippen LogP contribution in [0, 0.1) is 0 Å². The maximum atomic E-state index is 2.41. The smallest absolute Gasteiger partial charge is 0.0434 e. The molecule has 226 valence electrons. The Morgan fingerprint density at radius 3 is 1.49 bits per heavy atom. The summed E-state index contributed by atoms with van der Waals surface area (Å²) >= 11 is 1.92. The standard InChI is InChI=1S/C48H28S/c1-3-13-29(14-4-1)43-35-19-9-10-20-36(35)44(30-15-5-2-6-16-30)47-40-26-25-33(34-21-11-24-39(45(34)40)46(43)47)37-22-12-23-38-41-27-31-17-7-8-18-32(31)28-42(41)49-48(37)38/h1-28H. The SMILES string of the molecule is c1ccc(-c2c3c(c(-c4ccccc4)c4ccccc24)-c2ccc(-c4cccc5c4sc4cc6ccccc6cc45)c4cccc-3c24)cc1. The molecule has 1 aliphatic carbocycles. The summed E-state index contributed by atoms with van der Waals surface area (Å²) in [6, 6.07) is 63.0. The van der Waals surface area contributed by atoms with Crippen LogP contribution in [0.2, 0.25) is 0 Å². The third-order valence-electron chi connectivity index (χ3n) is 10.6. The summed E-state index contributed by atoms with van der Waals surface area (Å²) in [5, 5.41) is 10.5. The summed E-state index contributed by atoms with van der Waals surface area (Å²) in [4.78, 5) is 0. The minimum atomic E-state index is 1.25. The summed E-state index contributed by atoms with van der Waals surface area (Å²) in [6.45, 7) is 0. The van der Waals surface area contributed by atoms with Gasteiger partial charge in [-0.25, -0.2) is 0 Å². The second-order valence-corrected chi connectivity index (χ2v) is 14.2. The number of rotatable bonds is 3. The van der Waals surface area contributed by atoms with E-state index in [1.54, 1.807) is 0 Å². The third kappa shape index (κ3) is 3.79. The third-order valence-corrected chi connectivity index (χ3v) is 11.8. The van der Waals surface area contributed by atoms with E-state index in [9.17, 15) is 0 Å². The van der Waals surface area contributed by atoms with Crippen molar-refractivity contribution in [2.24, 2.45) is 0 Å². The molecule has 1 aromatic heterocycles. The minimum absolute atomic E-state index is 1.25. The molecule has 0 saturated heterocycles. The largest absolute Gasteiger partial charge is 0.135 e. The summed E-state index contributed by atoms with van der Waals surface area (Å²) in [6.07, 6.45) is 0. The van der Waals surface area contributed by atoms with Crippen LogP contribution in [0.5, 0.6) is 0 Å². The van der Waals surface area contributed by atoms with E-state index in [0.29, 0.717) is 0 Å².